The van der Waals surface area contributed by atoms with Crippen molar-refractivity contribution in [3.8, 4) is 0 Å². The van der Waals surface area contributed by atoms with Gasteiger partial charge in [0.1, 0.15) is 6.10 Å². The highest BCUT2D eigenvalue weighted by atomic mass is 16.5. The Morgan fingerprint density at radius 3 is 2.78 bits per heavy atom. The summed E-state index contributed by atoms with van der Waals surface area (Å²) in [6.07, 6.45) is 8.28. The molecule has 0 fully saturated rings. The summed E-state index contributed by atoms with van der Waals surface area (Å²) >= 11 is 0. The van der Waals surface area contributed by atoms with Crippen LogP contribution < -0.4 is 0 Å². The third kappa shape index (κ3) is 3.34. The maximum Gasteiger partial charge on any atom is 0.338 e. The summed E-state index contributed by atoms with van der Waals surface area (Å²) in [6, 6.07) is 7.79. The monoisotopic (exact) mass is 246 g/mol. The average Bonchev–Trinajstić information content (AvgIpc) is 2.39. The number of unbranched alkanes of at least 4 members (excludes halogenated alkanes) is 4. The van der Waals surface area contributed by atoms with E-state index in [0.717, 1.165) is 24.0 Å². The number of cyclic esters (lactones) is 1. The van der Waals surface area contributed by atoms with Crippen molar-refractivity contribution in [1.29, 1.82) is 0 Å². The number of carbonyl (C=O) groups excluding carboxylic acids is 1. The zero-order chi connectivity index (χ0) is 12.8. The van der Waals surface area contributed by atoms with Crippen molar-refractivity contribution >= 4 is 5.97 Å². The topological polar surface area (TPSA) is 26.3 Å². The van der Waals surface area contributed by atoms with Gasteiger partial charge in [-0.05, 0) is 24.5 Å². The van der Waals surface area contributed by atoms with Crippen LogP contribution in [0.2, 0.25) is 0 Å². The van der Waals surface area contributed by atoms with Gasteiger partial charge >= 0.3 is 5.97 Å². The molecule has 0 unspecified atom stereocenters. The summed E-state index contributed by atoms with van der Waals surface area (Å²) in [7, 11) is 0. The number of esters is 1. The molecule has 0 aromatic heterocycles. The molecule has 98 valence electrons. The summed E-state index contributed by atoms with van der Waals surface area (Å²) < 4.78 is 5.48. The average molecular weight is 246 g/mol. The van der Waals surface area contributed by atoms with Crippen LogP contribution in [0, 0.1) is 0 Å². The van der Waals surface area contributed by atoms with Gasteiger partial charge in [-0.1, -0.05) is 50.8 Å². The number of rotatable bonds is 6. The van der Waals surface area contributed by atoms with E-state index in [1.807, 2.05) is 24.3 Å². The maximum atomic E-state index is 11.8. The molecule has 0 N–H and O–H groups in total. The predicted octanol–water partition coefficient (Wildman–Crippen LogP) is 4.13. The van der Waals surface area contributed by atoms with Gasteiger partial charge in [-0.25, -0.2) is 4.79 Å². The molecule has 0 radical (unpaired) electrons. The van der Waals surface area contributed by atoms with Crippen LogP contribution in [0.5, 0.6) is 0 Å². The van der Waals surface area contributed by atoms with Gasteiger partial charge < -0.3 is 4.74 Å². The summed E-state index contributed by atoms with van der Waals surface area (Å²) in [5.41, 5.74) is 1.90. The van der Waals surface area contributed by atoms with Crippen LogP contribution in [0.3, 0.4) is 0 Å². The first-order valence-electron chi connectivity index (χ1n) is 7.10. The maximum absolute atomic E-state index is 11.8. The van der Waals surface area contributed by atoms with E-state index in [9.17, 15) is 4.79 Å². The molecule has 2 rings (SSSR count). The molecule has 1 heterocycles. The summed E-state index contributed by atoms with van der Waals surface area (Å²) in [5, 5.41) is 0. The molecule has 0 saturated heterocycles. The van der Waals surface area contributed by atoms with Crippen LogP contribution in [0.25, 0.3) is 0 Å². The molecule has 1 aromatic rings. The third-order valence-electron chi connectivity index (χ3n) is 3.59. The van der Waals surface area contributed by atoms with Gasteiger partial charge in [0.05, 0.1) is 5.56 Å². The lowest BCUT2D eigenvalue weighted by Gasteiger charge is -2.24. The molecule has 0 bridgehead atoms. The van der Waals surface area contributed by atoms with Gasteiger partial charge in [0.2, 0.25) is 0 Å². The Morgan fingerprint density at radius 1 is 1.17 bits per heavy atom. The van der Waals surface area contributed by atoms with Crippen LogP contribution >= 0.6 is 0 Å². The summed E-state index contributed by atoms with van der Waals surface area (Å²) in [4.78, 5) is 11.8. The Labute approximate surface area is 109 Å². The van der Waals surface area contributed by atoms with Crippen LogP contribution in [0.15, 0.2) is 24.3 Å². The van der Waals surface area contributed by atoms with Gasteiger partial charge in [-0.2, -0.15) is 0 Å². The lowest BCUT2D eigenvalue weighted by molar-refractivity contribution is 0.0232. The van der Waals surface area contributed by atoms with E-state index < -0.39 is 0 Å². The first-order chi connectivity index (χ1) is 8.81. The number of hydrogen-bond acceptors (Lipinski definition) is 2. The molecule has 1 aliphatic rings. The van der Waals surface area contributed by atoms with Gasteiger partial charge in [-0.3, -0.25) is 0 Å². The van der Waals surface area contributed by atoms with Crippen molar-refractivity contribution < 1.29 is 9.53 Å². The van der Waals surface area contributed by atoms with Gasteiger partial charge in [0.15, 0.2) is 0 Å². The Bertz CT molecular complexity index is 398. The lowest BCUT2D eigenvalue weighted by atomic mass is 9.95. The van der Waals surface area contributed by atoms with E-state index >= 15 is 0 Å². The van der Waals surface area contributed by atoms with Crippen molar-refractivity contribution in [1.82, 2.24) is 0 Å². The highest BCUT2D eigenvalue weighted by Crippen LogP contribution is 2.23. The zero-order valence-corrected chi connectivity index (χ0v) is 11.2. The van der Waals surface area contributed by atoms with E-state index in [-0.39, 0.29) is 12.1 Å². The highest BCUT2D eigenvalue weighted by Gasteiger charge is 2.25. The Kier molecular flexibility index (Phi) is 4.80. The first kappa shape index (κ1) is 13.1. The van der Waals surface area contributed by atoms with Crippen molar-refractivity contribution in [2.24, 2.45) is 0 Å². The normalized spacial score (nSPS) is 18.3. The molecule has 1 aromatic carbocycles. The zero-order valence-electron chi connectivity index (χ0n) is 11.2. The van der Waals surface area contributed by atoms with Crippen LogP contribution in [-0.2, 0) is 11.2 Å². The van der Waals surface area contributed by atoms with Crippen LogP contribution in [0.1, 0.15) is 61.4 Å². The molecule has 0 spiro atoms. The minimum Gasteiger partial charge on any atom is -0.458 e. The van der Waals surface area contributed by atoms with Crippen LogP contribution in [0.4, 0.5) is 0 Å². The van der Waals surface area contributed by atoms with E-state index in [1.165, 1.54) is 32.1 Å². The summed E-state index contributed by atoms with van der Waals surface area (Å²) in [5.74, 6) is -0.143. The number of fused-ring (bicyclic) bond motifs is 1. The van der Waals surface area contributed by atoms with Gasteiger partial charge in [0.25, 0.3) is 0 Å². The van der Waals surface area contributed by atoms with E-state index in [2.05, 4.69) is 6.92 Å². The van der Waals surface area contributed by atoms with Crippen molar-refractivity contribution in [2.45, 2.75) is 58.0 Å². The standard InChI is InChI=1S/C16H22O2/c1-2-3-4-5-6-10-14-12-13-9-7-8-11-15(13)16(17)18-14/h7-9,11,14H,2-6,10,12H2,1H3/t14-/m1/s1. The fraction of sp³-hybridized carbons (Fsp3) is 0.562. The van der Waals surface area contributed by atoms with Gasteiger partial charge in [0, 0.05) is 6.42 Å². The molecule has 2 heteroatoms. The smallest absolute Gasteiger partial charge is 0.338 e. The number of carbonyl (C=O) groups is 1. The molecule has 0 amide bonds. The molecule has 18 heavy (non-hydrogen) atoms. The number of hydrogen-bond donors (Lipinski definition) is 0. The number of ether oxygens (including phenoxy) is 1. The predicted molar refractivity (Wildman–Crippen MR) is 72.7 cm³/mol. The first-order valence-corrected chi connectivity index (χ1v) is 7.10. The largest absolute Gasteiger partial charge is 0.458 e. The molecule has 2 nitrogen and oxygen atoms in total. The molecular weight excluding hydrogens is 224 g/mol. The minimum atomic E-state index is -0.143. The SMILES string of the molecule is CCCCCCC[C@@H]1Cc2ccccc2C(=O)O1. The van der Waals surface area contributed by atoms with Crippen molar-refractivity contribution in [3.63, 3.8) is 0 Å². The van der Waals surface area contributed by atoms with Crippen LogP contribution in [-0.4, -0.2) is 12.1 Å². The highest BCUT2D eigenvalue weighted by molar-refractivity contribution is 5.92. The quantitative estimate of drug-likeness (QED) is 0.557. The van der Waals surface area contributed by atoms with Gasteiger partial charge in [-0.15, -0.1) is 0 Å². The Morgan fingerprint density at radius 2 is 1.94 bits per heavy atom. The number of benzene rings is 1. The molecular formula is C16H22O2. The second-order valence-corrected chi connectivity index (χ2v) is 5.09. The fourth-order valence-electron chi connectivity index (χ4n) is 2.54. The fourth-order valence-corrected chi connectivity index (χ4v) is 2.54. The molecule has 0 saturated carbocycles. The summed E-state index contributed by atoms with van der Waals surface area (Å²) in [6.45, 7) is 2.22. The second-order valence-electron chi connectivity index (χ2n) is 5.09. The van der Waals surface area contributed by atoms with E-state index in [0.29, 0.717) is 0 Å². The molecule has 0 aliphatic carbocycles. The lowest BCUT2D eigenvalue weighted by Crippen LogP contribution is -2.27. The van der Waals surface area contributed by atoms with E-state index in [1.54, 1.807) is 0 Å². The van der Waals surface area contributed by atoms with E-state index in [4.69, 9.17) is 4.74 Å². The molecule has 1 aliphatic heterocycles. The molecule has 1 atom stereocenters. The Balaban J connectivity index is 1.82. The Hall–Kier alpha value is -1.31. The minimum absolute atomic E-state index is 0.0917. The second kappa shape index (κ2) is 6.58. The third-order valence-corrected chi connectivity index (χ3v) is 3.59. The van der Waals surface area contributed by atoms with Crippen molar-refractivity contribution in [3.05, 3.63) is 35.4 Å². The van der Waals surface area contributed by atoms with Crippen molar-refractivity contribution in [2.75, 3.05) is 0 Å².